The van der Waals surface area contributed by atoms with E-state index in [1.807, 2.05) is 4.90 Å². The van der Waals surface area contributed by atoms with Crippen LogP contribution in [0.4, 0.5) is 5.69 Å². The van der Waals surface area contributed by atoms with E-state index in [-0.39, 0.29) is 5.91 Å². The fourth-order valence-corrected chi connectivity index (χ4v) is 2.52. The van der Waals surface area contributed by atoms with Crippen molar-refractivity contribution in [3.63, 3.8) is 0 Å². The molecule has 0 bridgehead atoms. The first-order valence-corrected chi connectivity index (χ1v) is 6.98. The summed E-state index contributed by atoms with van der Waals surface area (Å²) in [6, 6.07) is 3.31. The number of amides is 1. The quantitative estimate of drug-likeness (QED) is 0.862. The average molecular weight is 278 g/mol. The van der Waals surface area contributed by atoms with Crippen LogP contribution >= 0.6 is 0 Å². The highest BCUT2D eigenvalue weighted by atomic mass is 16.5. The molecule has 0 aromatic heterocycles. The Labute approximate surface area is 119 Å². The summed E-state index contributed by atoms with van der Waals surface area (Å²) < 4.78 is 10.4. The van der Waals surface area contributed by atoms with E-state index in [1.165, 1.54) is 12.8 Å². The van der Waals surface area contributed by atoms with Crippen LogP contribution in [-0.2, 0) is 0 Å². The Bertz CT molecular complexity index is 480. The number of rotatable bonds is 3. The second-order valence-electron chi connectivity index (χ2n) is 5.00. The number of anilines is 1. The lowest BCUT2D eigenvalue weighted by atomic mass is 10.1. The van der Waals surface area contributed by atoms with Crippen molar-refractivity contribution in [1.29, 1.82) is 0 Å². The Morgan fingerprint density at radius 3 is 2.15 bits per heavy atom. The van der Waals surface area contributed by atoms with E-state index < -0.39 is 0 Å². The molecule has 1 aliphatic rings. The SMILES string of the molecule is COc1cc(N)c(C(=O)N2CCCCCC2)cc1OC. The molecule has 1 saturated heterocycles. The molecule has 5 heteroatoms. The van der Waals surface area contributed by atoms with Crippen molar-refractivity contribution in [1.82, 2.24) is 4.90 Å². The third-order valence-corrected chi connectivity index (χ3v) is 3.68. The lowest BCUT2D eigenvalue weighted by Crippen LogP contribution is -2.32. The maximum absolute atomic E-state index is 12.6. The van der Waals surface area contributed by atoms with Crippen molar-refractivity contribution < 1.29 is 14.3 Å². The van der Waals surface area contributed by atoms with Crippen molar-refractivity contribution in [2.45, 2.75) is 25.7 Å². The van der Waals surface area contributed by atoms with Crippen LogP contribution in [0.1, 0.15) is 36.0 Å². The Kier molecular flexibility index (Phi) is 4.71. The molecule has 1 aliphatic heterocycles. The van der Waals surface area contributed by atoms with E-state index in [0.29, 0.717) is 22.7 Å². The summed E-state index contributed by atoms with van der Waals surface area (Å²) in [5.74, 6) is 1.04. The average Bonchev–Trinajstić information content (AvgIpc) is 2.75. The van der Waals surface area contributed by atoms with Crippen LogP contribution in [0.15, 0.2) is 12.1 Å². The smallest absolute Gasteiger partial charge is 0.256 e. The van der Waals surface area contributed by atoms with Crippen LogP contribution in [0.2, 0.25) is 0 Å². The predicted molar refractivity (Wildman–Crippen MR) is 78.3 cm³/mol. The Morgan fingerprint density at radius 2 is 1.60 bits per heavy atom. The number of hydrogen-bond acceptors (Lipinski definition) is 4. The van der Waals surface area contributed by atoms with Crippen molar-refractivity contribution in [2.24, 2.45) is 0 Å². The van der Waals surface area contributed by atoms with Crippen molar-refractivity contribution in [2.75, 3.05) is 33.0 Å². The zero-order valence-corrected chi connectivity index (χ0v) is 12.1. The van der Waals surface area contributed by atoms with E-state index >= 15 is 0 Å². The number of nitrogens with two attached hydrogens (primary N) is 1. The number of nitrogen functional groups attached to an aromatic ring is 1. The molecule has 1 aromatic rings. The first-order valence-electron chi connectivity index (χ1n) is 6.98. The van der Waals surface area contributed by atoms with Crippen LogP contribution in [-0.4, -0.2) is 38.1 Å². The van der Waals surface area contributed by atoms with Crippen LogP contribution in [0.25, 0.3) is 0 Å². The van der Waals surface area contributed by atoms with Gasteiger partial charge in [-0.1, -0.05) is 12.8 Å². The summed E-state index contributed by atoms with van der Waals surface area (Å²) in [6.07, 6.45) is 4.48. The minimum absolute atomic E-state index is 0.0228. The molecule has 1 heterocycles. The Hall–Kier alpha value is -1.91. The van der Waals surface area contributed by atoms with Crippen molar-refractivity contribution in [3.05, 3.63) is 17.7 Å². The molecule has 0 aliphatic carbocycles. The number of hydrogen-bond donors (Lipinski definition) is 1. The van der Waals surface area contributed by atoms with Gasteiger partial charge in [-0.25, -0.2) is 0 Å². The highest BCUT2D eigenvalue weighted by Gasteiger charge is 2.21. The first-order chi connectivity index (χ1) is 9.67. The Morgan fingerprint density at radius 1 is 1.05 bits per heavy atom. The fraction of sp³-hybridized carbons (Fsp3) is 0.533. The minimum atomic E-state index is -0.0228. The fourth-order valence-electron chi connectivity index (χ4n) is 2.52. The molecule has 110 valence electrons. The molecule has 1 fully saturated rings. The molecule has 0 unspecified atom stereocenters. The lowest BCUT2D eigenvalue weighted by Gasteiger charge is -2.22. The van der Waals surface area contributed by atoms with Gasteiger partial charge in [0, 0.05) is 24.8 Å². The molecule has 2 N–H and O–H groups in total. The van der Waals surface area contributed by atoms with E-state index in [1.54, 1.807) is 26.4 Å². The summed E-state index contributed by atoms with van der Waals surface area (Å²) in [5, 5.41) is 0. The monoisotopic (exact) mass is 278 g/mol. The maximum Gasteiger partial charge on any atom is 0.256 e. The summed E-state index contributed by atoms with van der Waals surface area (Å²) in [6.45, 7) is 1.60. The van der Waals surface area contributed by atoms with Gasteiger partial charge >= 0.3 is 0 Å². The third-order valence-electron chi connectivity index (χ3n) is 3.68. The second-order valence-corrected chi connectivity index (χ2v) is 5.00. The molecule has 2 rings (SSSR count). The van der Waals surface area contributed by atoms with Crippen LogP contribution in [0, 0.1) is 0 Å². The van der Waals surface area contributed by atoms with E-state index in [4.69, 9.17) is 15.2 Å². The van der Waals surface area contributed by atoms with Gasteiger partial charge in [0.25, 0.3) is 5.91 Å². The lowest BCUT2D eigenvalue weighted by molar-refractivity contribution is 0.0762. The molecular weight excluding hydrogens is 256 g/mol. The van der Waals surface area contributed by atoms with Gasteiger partial charge in [-0.05, 0) is 18.9 Å². The molecule has 1 amide bonds. The van der Waals surface area contributed by atoms with Gasteiger partial charge in [-0.3, -0.25) is 4.79 Å². The second kappa shape index (κ2) is 6.50. The van der Waals surface area contributed by atoms with Gasteiger partial charge in [0.15, 0.2) is 11.5 Å². The van der Waals surface area contributed by atoms with Gasteiger partial charge in [-0.15, -0.1) is 0 Å². The zero-order chi connectivity index (χ0) is 14.5. The molecule has 1 aromatic carbocycles. The largest absolute Gasteiger partial charge is 0.493 e. The van der Waals surface area contributed by atoms with Gasteiger partial charge in [0.1, 0.15) is 0 Å². The van der Waals surface area contributed by atoms with Crippen LogP contribution < -0.4 is 15.2 Å². The normalized spacial score (nSPS) is 15.6. The predicted octanol–water partition coefficient (Wildman–Crippen LogP) is 2.30. The van der Waals surface area contributed by atoms with Crippen molar-refractivity contribution >= 4 is 11.6 Å². The number of carbonyl (C=O) groups is 1. The molecule has 0 saturated carbocycles. The van der Waals surface area contributed by atoms with Gasteiger partial charge in [0.05, 0.1) is 19.8 Å². The number of likely N-dealkylation sites (tertiary alicyclic amines) is 1. The Balaban J connectivity index is 2.28. The van der Waals surface area contributed by atoms with E-state index in [9.17, 15) is 4.79 Å². The standard InChI is InChI=1S/C15H22N2O3/c1-19-13-9-11(12(16)10-14(13)20-2)15(18)17-7-5-3-4-6-8-17/h9-10H,3-8,16H2,1-2H3. The molecule has 5 nitrogen and oxygen atoms in total. The summed E-state index contributed by atoms with van der Waals surface area (Å²) in [7, 11) is 3.10. The number of carbonyl (C=O) groups excluding carboxylic acids is 1. The third kappa shape index (κ3) is 2.98. The molecule has 0 radical (unpaired) electrons. The summed E-state index contributed by atoms with van der Waals surface area (Å²) in [5.41, 5.74) is 6.90. The van der Waals surface area contributed by atoms with Gasteiger partial charge < -0.3 is 20.1 Å². The maximum atomic E-state index is 12.6. The van der Waals surface area contributed by atoms with Gasteiger partial charge in [-0.2, -0.15) is 0 Å². The molecular formula is C15H22N2O3. The number of ether oxygens (including phenoxy) is 2. The number of nitrogens with zero attached hydrogens (tertiary/aromatic N) is 1. The van der Waals surface area contributed by atoms with E-state index in [0.717, 1.165) is 25.9 Å². The summed E-state index contributed by atoms with van der Waals surface area (Å²) >= 11 is 0. The van der Waals surface area contributed by atoms with Crippen LogP contribution in [0.5, 0.6) is 11.5 Å². The van der Waals surface area contributed by atoms with Crippen molar-refractivity contribution in [3.8, 4) is 11.5 Å². The van der Waals surface area contributed by atoms with E-state index in [2.05, 4.69) is 0 Å². The zero-order valence-electron chi connectivity index (χ0n) is 12.1. The number of methoxy groups -OCH3 is 2. The highest BCUT2D eigenvalue weighted by Crippen LogP contribution is 2.32. The van der Waals surface area contributed by atoms with Gasteiger partial charge in [0.2, 0.25) is 0 Å². The first kappa shape index (κ1) is 14.5. The molecule has 0 spiro atoms. The molecule has 0 atom stereocenters. The topological polar surface area (TPSA) is 64.8 Å². The minimum Gasteiger partial charge on any atom is -0.493 e. The highest BCUT2D eigenvalue weighted by molar-refractivity contribution is 6.00. The van der Waals surface area contributed by atoms with Crippen LogP contribution in [0.3, 0.4) is 0 Å². The summed E-state index contributed by atoms with van der Waals surface area (Å²) in [4.78, 5) is 14.5. The molecule has 20 heavy (non-hydrogen) atoms. The number of benzene rings is 1.